The number of rotatable bonds is 4. The molecule has 0 atom stereocenters. The number of carboxylic acids is 1. The van der Waals surface area contributed by atoms with E-state index in [0.29, 0.717) is 12.4 Å². The number of aromatic nitrogens is 2. The third-order valence-corrected chi connectivity index (χ3v) is 2.68. The molecule has 1 aromatic carbocycles. The number of carbonyl (C=O) groups is 1. The molecule has 6 nitrogen and oxygen atoms in total. The van der Waals surface area contributed by atoms with Gasteiger partial charge in [0, 0.05) is 19.7 Å². The molecular weight excluding hydrogens is 246 g/mol. The molecule has 0 aliphatic rings. The molecule has 2 N–H and O–H groups in total. The van der Waals surface area contributed by atoms with E-state index in [-0.39, 0.29) is 11.1 Å². The normalized spacial score (nSPS) is 10.2. The summed E-state index contributed by atoms with van der Waals surface area (Å²) in [6, 6.07) is 8.00. The van der Waals surface area contributed by atoms with E-state index in [4.69, 9.17) is 5.11 Å². The Balaban J connectivity index is 2.12. The topological polar surface area (TPSA) is 86.3 Å². The highest BCUT2D eigenvalue weighted by Gasteiger charge is 2.06. The number of benzene rings is 1. The summed E-state index contributed by atoms with van der Waals surface area (Å²) in [5, 5.41) is 8.81. The van der Waals surface area contributed by atoms with Gasteiger partial charge in [0.1, 0.15) is 5.82 Å². The van der Waals surface area contributed by atoms with Crippen LogP contribution in [0.5, 0.6) is 0 Å². The first-order chi connectivity index (χ1) is 9.06. The van der Waals surface area contributed by atoms with Gasteiger partial charge in [-0.15, -0.1) is 0 Å². The van der Waals surface area contributed by atoms with Crippen molar-refractivity contribution in [1.29, 1.82) is 0 Å². The van der Waals surface area contributed by atoms with Crippen molar-refractivity contribution in [1.82, 2.24) is 9.97 Å². The lowest BCUT2D eigenvalue weighted by Crippen LogP contribution is -2.20. The molecule has 0 fully saturated rings. The monoisotopic (exact) mass is 259 g/mol. The largest absolute Gasteiger partial charge is 0.478 e. The van der Waals surface area contributed by atoms with Gasteiger partial charge < -0.3 is 15.0 Å². The number of hydrogen-bond donors (Lipinski definition) is 2. The van der Waals surface area contributed by atoms with E-state index in [0.717, 1.165) is 5.56 Å². The fraction of sp³-hybridized carbons (Fsp3) is 0.154. The standard InChI is InChI=1S/C13H13N3O3/c1-16(11-6-12(17)15-8-14-11)7-9-2-4-10(5-3-9)13(18)19/h2-6,8H,7H2,1H3,(H,18,19)(H,14,15,17). The van der Waals surface area contributed by atoms with Crippen molar-refractivity contribution in [2.45, 2.75) is 6.54 Å². The van der Waals surface area contributed by atoms with Crippen molar-refractivity contribution in [2.24, 2.45) is 0 Å². The quantitative estimate of drug-likeness (QED) is 0.858. The van der Waals surface area contributed by atoms with Gasteiger partial charge in [0.05, 0.1) is 11.9 Å². The van der Waals surface area contributed by atoms with Gasteiger partial charge in [0.25, 0.3) is 5.56 Å². The third-order valence-electron chi connectivity index (χ3n) is 2.68. The Morgan fingerprint density at radius 2 is 2.05 bits per heavy atom. The highest BCUT2D eigenvalue weighted by molar-refractivity contribution is 5.87. The number of anilines is 1. The number of carboxylic acid groups (broad SMARTS) is 1. The van der Waals surface area contributed by atoms with Crippen LogP contribution < -0.4 is 10.5 Å². The number of H-pyrrole nitrogens is 1. The maximum absolute atomic E-state index is 11.2. The first-order valence-corrected chi connectivity index (χ1v) is 5.64. The Hall–Kier alpha value is -2.63. The predicted molar refractivity (Wildman–Crippen MR) is 70.4 cm³/mol. The smallest absolute Gasteiger partial charge is 0.335 e. The van der Waals surface area contributed by atoms with Crippen molar-refractivity contribution >= 4 is 11.8 Å². The van der Waals surface area contributed by atoms with Gasteiger partial charge in [-0.1, -0.05) is 12.1 Å². The van der Waals surface area contributed by atoms with E-state index in [1.807, 2.05) is 11.9 Å². The average Bonchev–Trinajstić information content (AvgIpc) is 2.39. The molecule has 0 saturated carbocycles. The summed E-state index contributed by atoms with van der Waals surface area (Å²) in [5.74, 6) is -0.387. The Bertz CT molecular complexity index is 634. The molecule has 98 valence electrons. The molecule has 0 aliphatic carbocycles. The van der Waals surface area contributed by atoms with E-state index >= 15 is 0 Å². The number of nitrogens with zero attached hydrogens (tertiary/aromatic N) is 2. The molecule has 1 aromatic heterocycles. The predicted octanol–water partition coefficient (Wildman–Crippen LogP) is 1.10. The summed E-state index contributed by atoms with van der Waals surface area (Å²) in [5.41, 5.74) is 0.980. The number of nitrogens with one attached hydrogen (secondary N) is 1. The lowest BCUT2D eigenvalue weighted by atomic mass is 10.1. The minimum atomic E-state index is -0.948. The van der Waals surface area contributed by atoms with Gasteiger partial charge in [-0.2, -0.15) is 0 Å². The number of hydrogen-bond acceptors (Lipinski definition) is 4. The second-order valence-corrected chi connectivity index (χ2v) is 4.13. The Morgan fingerprint density at radius 1 is 1.37 bits per heavy atom. The molecule has 6 heteroatoms. The zero-order valence-corrected chi connectivity index (χ0v) is 10.3. The maximum Gasteiger partial charge on any atom is 0.335 e. The summed E-state index contributed by atoms with van der Waals surface area (Å²) in [4.78, 5) is 30.2. The molecule has 0 unspecified atom stereocenters. The second kappa shape index (κ2) is 5.34. The zero-order valence-electron chi connectivity index (χ0n) is 10.3. The van der Waals surface area contributed by atoms with Crippen molar-refractivity contribution in [3.05, 3.63) is 58.1 Å². The SMILES string of the molecule is CN(Cc1ccc(C(=O)O)cc1)c1cc(=O)[nH]cn1. The van der Waals surface area contributed by atoms with E-state index in [1.165, 1.54) is 12.4 Å². The molecule has 0 saturated heterocycles. The van der Waals surface area contributed by atoms with Crippen LogP contribution in [-0.4, -0.2) is 28.1 Å². The van der Waals surface area contributed by atoms with Crippen molar-refractivity contribution < 1.29 is 9.90 Å². The van der Waals surface area contributed by atoms with Crippen LogP contribution in [0, 0.1) is 0 Å². The van der Waals surface area contributed by atoms with Crippen molar-refractivity contribution in [2.75, 3.05) is 11.9 Å². The van der Waals surface area contributed by atoms with Crippen LogP contribution in [0.15, 0.2) is 41.5 Å². The number of aromatic carboxylic acids is 1. The van der Waals surface area contributed by atoms with Gasteiger partial charge in [0.15, 0.2) is 0 Å². The summed E-state index contributed by atoms with van der Waals surface area (Å²) >= 11 is 0. The van der Waals surface area contributed by atoms with Crippen LogP contribution >= 0.6 is 0 Å². The molecule has 0 spiro atoms. The Morgan fingerprint density at radius 3 is 2.63 bits per heavy atom. The van der Waals surface area contributed by atoms with Gasteiger partial charge >= 0.3 is 5.97 Å². The van der Waals surface area contributed by atoms with Gasteiger partial charge in [0.2, 0.25) is 0 Å². The van der Waals surface area contributed by atoms with Gasteiger partial charge in [-0.3, -0.25) is 4.79 Å². The molecule has 0 bridgehead atoms. The Labute approximate surface area is 109 Å². The fourth-order valence-corrected chi connectivity index (χ4v) is 1.67. The molecule has 2 aromatic rings. The van der Waals surface area contributed by atoms with E-state index in [1.54, 1.807) is 24.3 Å². The molecule has 1 heterocycles. The number of aromatic amines is 1. The zero-order chi connectivity index (χ0) is 13.8. The highest BCUT2D eigenvalue weighted by atomic mass is 16.4. The summed E-state index contributed by atoms with van der Waals surface area (Å²) in [7, 11) is 1.81. The van der Waals surface area contributed by atoms with Crippen LogP contribution in [0.3, 0.4) is 0 Å². The minimum absolute atomic E-state index is 0.210. The molecule has 2 rings (SSSR count). The first kappa shape index (κ1) is 12.8. The van der Waals surface area contributed by atoms with E-state index in [2.05, 4.69) is 9.97 Å². The maximum atomic E-state index is 11.2. The summed E-state index contributed by atoms with van der Waals surface area (Å²) < 4.78 is 0. The van der Waals surface area contributed by atoms with Crippen LogP contribution in [0.1, 0.15) is 15.9 Å². The fourth-order valence-electron chi connectivity index (χ4n) is 1.67. The molecule has 0 amide bonds. The second-order valence-electron chi connectivity index (χ2n) is 4.13. The molecule has 0 aliphatic heterocycles. The Kier molecular flexibility index (Phi) is 3.61. The minimum Gasteiger partial charge on any atom is -0.478 e. The van der Waals surface area contributed by atoms with Crippen LogP contribution in [0.25, 0.3) is 0 Å². The average molecular weight is 259 g/mol. The van der Waals surface area contributed by atoms with Gasteiger partial charge in [-0.25, -0.2) is 9.78 Å². The summed E-state index contributed by atoms with van der Waals surface area (Å²) in [6.07, 6.45) is 1.35. The van der Waals surface area contributed by atoms with Gasteiger partial charge in [-0.05, 0) is 17.7 Å². The lowest BCUT2D eigenvalue weighted by molar-refractivity contribution is 0.0697. The van der Waals surface area contributed by atoms with Crippen LogP contribution in [-0.2, 0) is 6.54 Å². The first-order valence-electron chi connectivity index (χ1n) is 5.64. The lowest BCUT2D eigenvalue weighted by Gasteiger charge is -2.17. The summed E-state index contributed by atoms with van der Waals surface area (Å²) in [6.45, 7) is 0.538. The van der Waals surface area contributed by atoms with Crippen molar-refractivity contribution in [3.63, 3.8) is 0 Å². The molecule has 0 radical (unpaired) electrons. The van der Waals surface area contributed by atoms with E-state index in [9.17, 15) is 9.59 Å². The molecule has 19 heavy (non-hydrogen) atoms. The van der Waals surface area contributed by atoms with E-state index < -0.39 is 5.97 Å². The van der Waals surface area contributed by atoms with Crippen LogP contribution in [0.4, 0.5) is 5.82 Å². The molecular formula is C13H13N3O3. The third kappa shape index (κ3) is 3.19. The van der Waals surface area contributed by atoms with Crippen LogP contribution in [0.2, 0.25) is 0 Å². The van der Waals surface area contributed by atoms with Crippen molar-refractivity contribution in [3.8, 4) is 0 Å². The highest BCUT2D eigenvalue weighted by Crippen LogP contribution is 2.11.